The molecule has 0 aromatic heterocycles. The van der Waals surface area contributed by atoms with Crippen molar-refractivity contribution >= 4 is 12.6 Å². The highest BCUT2D eigenvalue weighted by atomic mass is 32.1. The average molecular weight is 231 g/mol. The van der Waals surface area contributed by atoms with Gasteiger partial charge in [0.2, 0.25) is 0 Å². The largest absolute Gasteiger partial charge is 0.303 e. The summed E-state index contributed by atoms with van der Waals surface area (Å²) in [5.74, 6) is 1.65. The van der Waals surface area contributed by atoms with Crippen molar-refractivity contribution in [3.05, 3.63) is 0 Å². The van der Waals surface area contributed by atoms with E-state index in [2.05, 4.69) is 59.2 Å². The van der Waals surface area contributed by atoms with Gasteiger partial charge in [-0.15, -0.1) is 0 Å². The topological polar surface area (TPSA) is 3.24 Å². The molecule has 2 heteroatoms. The maximum absolute atomic E-state index is 4.48. The van der Waals surface area contributed by atoms with E-state index in [1.807, 2.05) is 0 Å². The van der Waals surface area contributed by atoms with Gasteiger partial charge in [0.05, 0.1) is 0 Å². The molecule has 0 aliphatic carbocycles. The van der Waals surface area contributed by atoms with Gasteiger partial charge in [-0.3, -0.25) is 0 Å². The summed E-state index contributed by atoms with van der Waals surface area (Å²) in [4.78, 5) is 2.51. The molecule has 0 aliphatic rings. The predicted molar refractivity (Wildman–Crippen MR) is 73.8 cm³/mol. The number of hydrogen-bond acceptors (Lipinski definition) is 2. The van der Waals surface area contributed by atoms with Gasteiger partial charge >= 0.3 is 0 Å². The second-order valence-electron chi connectivity index (χ2n) is 5.66. The standard InChI is InChI=1S/C13H29NS/c1-7-12(8-2)14(6)9-11(10-15)13(3,4)5/h11-12,15H,7-10H2,1-6H3. The minimum absolute atomic E-state index is 0.363. The van der Waals surface area contributed by atoms with Gasteiger partial charge in [-0.25, -0.2) is 0 Å². The average Bonchev–Trinajstić information content (AvgIpc) is 2.14. The molecule has 0 aliphatic heterocycles. The molecule has 0 amide bonds. The van der Waals surface area contributed by atoms with E-state index in [-0.39, 0.29) is 0 Å². The third-order valence-corrected chi connectivity index (χ3v) is 3.96. The number of rotatable bonds is 6. The fraction of sp³-hybridized carbons (Fsp3) is 1.00. The molecular formula is C13H29NS. The van der Waals surface area contributed by atoms with Crippen molar-refractivity contribution < 1.29 is 0 Å². The van der Waals surface area contributed by atoms with Gasteiger partial charge in [-0.05, 0) is 37.0 Å². The molecule has 0 saturated heterocycles. The second-order valence-corrected chi connectivity index (χ2v) is 6.02. The van der Waals surface area contributed by atoms with E-state index in [1.165, 1.54) is 19.4 Å². The van der Waals surface area contributed by atoms with E-state index < -0.39 is 0 Å². The van der Waals surface area contributed by atoms with Gasteiger partial charge < -0.3 is 4.90 Å². The van der Waals surface area contributed by atoms with Crippen molar-refractivity contribution in [2.24, 2.45) is 11.3 Å². The second kappa shape index (κ2) is 6.80. The summed E-state index contributed by atoms with van der Waals surface area (Å²) >= 11 is 4.48. The van der Waals surface area contributed by atoms with Crippen LogP contribution in [0, 0.1) is 11.3 Å². The highest BCUT2D eigenvalue weighted by molar-refractivity contribution is 7.80. The van der Waals surface area contributed by atoms with Crippen molar-refractivity contribution in [3.8, 4) is 0 Å². The van der Waals surface area contributed by atoms with Gasteiger partial charge in [-0.1, -0.05) is 34.6 Å². The zero-order valence-corrected chi connectivity index (χ0v) is 12.3. The minimum atomic E-state index is 0.363. The van der Waals surface area contributed by atoms with Crippen LogP contribution in [0.2, 0.25) is 0 Å². The number of hydrogen-bond donors (Lipinski definition) is 1. The Morgan fingerprint density at radius 1 is 1.13 bits per heavy atom. The zero-order chi connectivity index (χ0) is 12.1. The molecule has 92 valence electrons. The van der Waals surface area contributed by atoms with Crippen LogP contribution < -0.4 is 0 Å². The van der Waals surface area contributed by atoms with Crippen molar-refractivity contribution in [2.75, 3.05) is 19.3 Å². The van der Waals surface area contributed by atoms with Gasteiger partial charge in [0.15, 0.2) is 0 Å². The number of nitrogens with zero attached hydrogens (tertiary/aromatic N) is 1. The summed E-state index contributed by atoms with van der Waals surface area (Å²) in [7, 11) is 2.25. The predicted octanol–water partition coefficient (Wildman–Crippen LogP) is 3.70. The van der Waals surface area contributed by atoms with Crippen LogP contribution in [-0.2, 0) is 0 Å². The van der Waals surface area contributed by atoms with Crippen LogP contribution in [0.3, 0.4) is 0 Å². The Balaban J connectivity index is 4.29. The Labute approximate surface area is 102 Å². The van der Waals surface area contributed by atoms with Crippen LogP contribution in [0.5, 0.6) is 0 Å². The lowest BCUT2D eigenvalue weighted by molar-refractivity contribution is 0.146. The summed E-state index contributed by atoms with van der Waals surface area (Å²) in [6, 6.07) is 0.731. The highest BCUT2D eigenvalue weighted by Crippen LogP contribution is 2.28. The van der Waals surface area contributed by atoms with Crippen molar-refractivity contribution in [1.29, 1.82) is 0 Å². The van der Waals surface area contributed by atoms with Crippen LogP contribution >= 0.6 is 12.6 Å². The molecule has 0 aromatic carbocycles. The van der Waals surface area contributed by atoms with E-state index in [4.69, 9.17) is 0 Å². The Morgan fingerprint density at radius 2 is 1.60 bits per heavy atom. The Bertz CT molecular complexity index is 158. The van der Waals surface area contributed by atoms with E-state index in [9.17, 15) is 0 Å². The summed E-state index contributed by atoms with van der Waals surface area (Å²) < 4.78 is 0. The molecule has 1 atom stereocenters. The molecule has 1 nitrogen and oxygen atoms in total. The quantitative estimate of drug-likeness (QED) is 0.682. The molecule has 0 radical (unpaired) electrons. The smallest absolute Gasteiger partial charge is 0.00870 e. The lowest BCUT2D eigenvalue weighted by atomic mass is 9.81. The molecular weight excluding hydrogens is 202 g/mol. The lowest BCUT2D eigenvalue weighted by Crippen LogP contribution is -2.39. The summed E-state index contributed by atoms with van der Waals surface area (Å²) in [6.07, 6.45) is 2.49. The summed E-state index contributed by atoms with van der Waals surface area (Å²) in [5.41, 5.74) is 0.363. The first kappa shape index (κ1) is 15.3. The molecule has 0 aromatic rings. The Morgan fingerprint density at radius 3 is 1.87 bits per heavy atom. The third-order valence-electron chi connectivity index (χ3n) is 3.52. The lowest BCUT2D eigenvalue weighted by Gasteiger charge is -2.36. The first-order chi connectivity index (χ1) is 6.86. The maximum atomic E-state index is 4.48. The molecule has 0 saturated carbocycles. The van der Waals surface area contributed by atoms with E-state index in [0.29, 0.717) is 11.3 Å². The zero-order valence-electron chi connectivity index (χ0n) is 11.4. The fourth-order valence-electron chi connectivity index (χ4n) is 2.01. The third kappa shape index (κ3) is 5.26. The maximum Gasteiger partial charge on any atom is 0.00870 e. The molecule has 15 heavy (non-hydrogen) atoms. The number of thiol groups is 1. The van der Waals surface area contributed by atoms with Crippen molar-refractivity contribution in [3.63, 3.8) is 0 Å². The fourth-order valence-corrected chi connectivity index (χ4v) is 2.68. The van der Waals surface area contributed by atoms with Crippen LogP contribution in [0.1, 0.15) is 47.5 Å². The first-order valence-electron chi connectivity index (χ1n) is 6.17. The normalized spacial score (nSPS) is 15.0. The van der Waals surface area contributed by atoms with E-state index in [0.717, 1.165) is 11.8 Å². The highest BCUT2D eigenvalue weighted by Gasteiger charge is 2.25. The molecule has 0 heterocycles. The van der Waals surface area contributed by atoms with Gasteiger partial charge in [0.1, 0.15) is 0 Å². The summed E-state index contributed by atoms with van der Waals surface area (Å²) in [6.45, 7) is 12.7. The van der Waals surface area contributed by atoms with Gasteiger partial charge in [-0.2, -0.15) is 12.6 Å². The first-order valence-corrected chi connectivity index (χ1v) is 6.81. The van der Waals surface area contributed by atoms with Crippen LogP contribution in [0.25, 0.3) is 0 Å². The monoisotopic (exact) mass is 231 g/mol. The van der Waals surface area contributed by atoms with Crippen molar-refractivity contribution in [1.82, 2.24) is 4.90 Å². The molecule has 0 fully saturated rings. The SMILES string of the molecule is CCC(CC)N(C)CC(CS)C(C)(C)C. The molecule has 1 unspecified atom stereocenters. The molecule has 0 spiro atoms. The van der Waals surface area contributed by atoms with Crippen LogP contribution in [0.15, 0.2) is 0 Å². The summed E-state index contributed by atoms with van der Waals surface area (Å²) in [5, 5.41) is 0. The van der Waals surface area contributed by atoms with E-state index >= 15 is 0 Å². The molecule has 0 rings (SSSR count). The Hall–Kier alpha value is 0.310. The van der Waals surface area contributed by atoms with Crippen LogP contribution in [0.4, 0.5) is 0 Å². The van der Waals surface area contributed by atoms with Crippen LogP contribution in [-0.4, -0.2) is 30.3 Å². The minimum Gasteiger partial charge on any atom is -0.303 e. The molecule has 0 N–H and O–H groups in total. The van der Waals surface area contributed by atoms with Crippen molar-refractivity contribution in [2.45, 2.75) is 53.5 Å². The van der Waals surface area contributed by atoms with Gasteiger partial charge in [0.25, 0.3) is 0 Å². The molecule has 0 bridgehead atoms. The van der Waals surface area contributed by atoms with E-state index in [1.54, 1.807) is 0 Å². The Kier molecular flexibility index (Phi) is 6.94. The van der Waals surface area contributed by atoms with Gasteiger partial charge in [0, 0.05) is 12.6 Å².